The smallest absolute Gasteiger partial charge is 0.259 e. The number of benzene rings is 1. The molecule has 1 amide bonds. The van der Waals surface area contributed by atoms with Crippen LogP contribution in [0.5, 0.6) is 5.75 Å². The highest BCUT2D eigenvalue weighted by molar-refractivity contribution is 6.00. The first-order valence-electron chi connectivity index (χ1n) is 9.57. The number of ether oxygens (including phenoxy) is 1. The van der Waals surface area contributed by atoms with Crippen molar-refractivity contribution in [3.05, 3.63) is 60.0 Å². The largest absolute Gasteiger partial charge is 0.489 e. The highest BCUT2D eigenvalue weighted by atomic mass is 16.5. The Balaban J connectivity index is 1.35. The number of rotatable bonds is 2. The number of hydrogen-bond donors (Lipinski definition) is 0. The summed E-state index contributed by atoms with van der Waals surface area (Å²) in [6.07, 6.45) is 7.01. The number of aromatic nitrogens is 3. The summed E-state index contributed by atoms with van der Waals surface area (Å²) in [4.78, 5) is 31.7. The fraction of sp³-hybridized carbons (Fsp3) is 0.333. The lowest BCUT2D eigenvalue weighted by Crippen LogP contribution is -2.46. The summed E-state index contributed by atoms with van der Waals surface area (Å²) in [7, 11) is 0. The summed E-state index contributed by atoms with van der Waals surface area (Å²) < 4.78 is 7.75. The van der Waals surface area contributed by atoms with Gasteiger partial charge in [0.15, 0.2) is 11.4 Å². The van der Waals surface area contributed by atoms with E-state index in [9.17, 15) is 9.59 Å². The molecule has 1 fully saturated rings. The van der Waals surface area contributed by atoms with Gasteiger partial charge in [-0.3, -0.25) is 9.59 Å². The molecule has 142 valence electrons. The van der Waals surface area contributed by atoms with Crippen LogP contribution in [-0.4, -0.2) is 50.4 Å². The Kier molecular flexibility index (Phi) is 4.07. The summed E-state index contributed by atoms with van der Waals surface area (Å²) in [6, 6.07) is 9.16. The Morgan fingerprint density at radius 3 is 3.04 bits per heavy atom. The second-order valence-corrected chi connectivity index (χ2v) is 7.38. The lowest BCUT2D eigenvalue weighted by molar-refractivity contribution is 0.0410. The van der Waals surface area contributed by atoms with Crippen molar-refractivity contribution in [2.45, 2.75) is 25.4 Å². The summed E-state index contributed by atoms with van der Waals surface area (Å²) in [5, 5.41) is 4.22. The molecule has 5 rings (SSSR count). The first-order valence-corrected chi connectivity index (χ1v) is 9.57. The van der Waals surface area contributed by atoms with Gasteiger partial charge >= 0.3 is 0 Å². The number of piperidine rings is 1. The van der Waals surface area contributed by atoms with Crippen LogP contribution in [-0.2, 0) is 0 Å². The molecule has 3 aromatic rings. The van der Waals surface area contributed by atoms with Gasteiger partial charge in [0.05, 0.1) is 11.8 Å². The maximum Gasteiger partial charge on any atom is 0.259 e. The van der Waals surface area contributed by atoms with Gasteiger partial charge < -0.3 is 9.64 Å². The molecule has 1 aromatic carbocycles. The van der Waals surface area contributed by atoms with Crippen LogP contribution in [0.2, 0.25) is 0 Å². The third kappa shape index (κ3) is 2.83. The molecule has 2 aliphatic rings. The van der Waals surface area contributed by atoms with E-state index in [0.717, 1.165) is 12.8 Å². The molecule has 2 atom stereocenters. The van der Waals surface area contributed by atoms with Crippen LogP contribution in [0.15, 0.2) is 48.9 Å². The standard InChI is InChI=1S/C21H20N4O3/c26-17-11-19(28-18-7-2-1-6-15(17)18)14-5-3-9-24(13-14)21(27)16-12-23-25-10-4-8-22-20(16)25/h1-2,4,6-8,10,12,14,19H,3,5,9,11,13H2/t14-,19+/m0/s1. The summed E-state index contributed by atoms with van der Waals surface area (Å²) >= 11 is 0. The number of Topliss-reactive ketones (excluding diaryl/α,β-unsaturated/α-hetero) is 1. The number of carbonyl (C=O) groups excluding carboxylic acids is 2. The Bertz CT molecular complexity index is 1060. The van der Waals surface area contributed by atoms with E-state index in [-0.39, 0.29) is 23.7 Å². The van der Waals surface area contributed by atoms with Crippen molar-refractivity contribution < 1.29 is 14.3 Å². The average molecular weight is 376 g/mol. The highest BCUT2D eigenvalue weighted by Crippen LogP contribution is 2.33. The molecule has 0 unspecified atom stereocenters. The zero-order valence-electron chi connectivity index (χ0n) is 15.3. The van der Waals surface area contributed by atoms with Crippen molar-refractivity contribution >= 4 is 17.3 Å². The molecule has 0 aliphatic carbocycles. The Morgan fingerprint density at radius 2 is 2.11 bits per heavy atom. The van der Waals surface area contributed by atoms with Gasteiger partial charge in [-0.25, -0.2) is 9.50 Å². The SMILES string of the molecule is O=C1C[C@H]([C@H]2CCCN(C(=O)c3cnn4cccnc34)C2)Oc2ccccc21. The molecule has 7 heteroatoms. The van der Waals surface area contributed by atoms with Crippen LogP contribution in [0, 0.1) is 5.92 Å². The molecule has 7 nitrogen and oxygen atoms in total. The van der Waals surface area contributed by atoms with Crippen molar-refractivity contribution in [3.63, 3.8) is 0 Å². The fourth-order valence-corrected chi connectivity index (χ4v) is 4.21. The van der Waals surface area contributed by atoms with Gasteiger partial charge in [-0.1, -0.05) is 12.1 Å². The summed E-state index contributed by atoms with van der Waals surface area (Å²) in [6.45, 7) is 1.26. The van der Waals surface area contributed by atoms with E-state index in [4.69, 9.17) is 4.74 Å². The topological polar surface area (TPSA) is 76.8 Å². The molecular weight excluding hydrogens is 356 g/mol. The number of hydrogen-bond acceptors (Lipinski definition) is 5. The number of nitrogens with zero attached hydrogens (tertiary/aromatic N) is 4. The molecular formula is C21H20N4O3. The van der Waals surface area contributed by atoms with E-state index in [2.05, 4.69) is 10.1 Å². The number of carbonyl (C=O) groups is 2. The molecule has 0 bridgehead atoms. The predicted molar refractivity (Wildman–Crippen MR) is 101 cm³/mol. The predicted octanol–water partition coefficient (Wildman–Crippen LogP) is 2.62. The minimum atomic E-state index is -0.194. The molecule has 1 saturated heterocycles. The van der Waals surface area contributed by atoms with Crippen LogP contribution in [0.3, 0.4) is 0 Å². The van der Waals surface area contributed by atoms with Crippen molar-refractivity contribution in [1.82, 2.24) is 19.5 Å². The Morgan fingerprint density at radius 1 is 1.21 bits per heavy atom. The number of likely N-dealkylation sites (tertiary alicyclic amines) is 1. The highest BCUT2D eigenvalue weighted by Gasteiger charge is 2.36. The van der Waals surface area contributed by atoms with Gasteiger partial charge in [-0.2, -0.15) is 5.10 Å². The van der Waals surface area contributed by atoms with E-state index in [1.165, 1.54) is 0 Å². The Hall–Kier alpha value is -3.22. The van der Waals surface area contributed by atoms with E-state index in [1.807, 2.05) is 29.2 Å². The lowest BCUT2D eigenvalue weighted by Gasteiger charge is -2.38. The molecule has 0 N–H and O–H groups in total. The lowest BCUT2D eigenvalue weighted by atomic mass is 9.86. The van der Waals surface area contributed by atoms with Crippen LogP contribution in [0.25, 0.3) is 5.65 Å². The summed E-state index contributed by atoms with van der Waals surface area (Å²) in [5.74, 6) is 0.826. The van der Waals surface area contributed by atoms with Gasteiger partial charge in [0.2, 0.25) is 0 Å². The Labute approximate surface area is 161 Å². The summed E-state index contributed by atoms with van der Waals surface area (Å²) in [5.41, 5.74) is 1.72. The first-order chi connectivity index (χ1) is 13.7. The third-order valence-electron chi connectivity index (χ3n) is 5.63. The zero-order chi connectivity index (χ0) is 19.1. The molecule has 0 saturated carbocycles. The minimum Gasteiger partial charge on any atom is -0.489 e. The van der Waals surface area contributed by atoms with Crippen molar-refractivity contribution in [3.8, 4) is 5.75 Å². The minimum absolute atomic E-state index is 0.0686. The van der Waals surface area contributed by atoms with E-state index in [0.29, 0.717) is 42.0 Å². The van der Waals surface area contributed by atoms with E-state index < -0.39 is 0 Å². The molecule has 28 heavy (non-hydrogen) atoms. The van der Waals surface area contributed by atoms with Gasteiger partial charge in [-0.05, 0) is 31.0 Å². The zero-order valence-corrected chi connectivity index (χ0v) is 15.3. The number of fused-ring (bicyclic) bond motifs is 2. The van der Waals surface area contributed by atoms with Gasteiger partial charge in [0.1, 0.15) is 17.4 Å². The monoisotopic (exact) mass is 376 g/mol. The molecule has 4 heterocycles. The maximum absolute atomic E-state index is 13.1. The van der Waals surface area contributed by atoms with Crippen LogP contribution in [0.1, 0.15) is 40.0 Å². The van der Waals surface area contributed by atoms with Crippen molar-refractivity contribution in [1.29, 1.82) is 0 Å². The van der Waals surface area contributed by atoms with E-state index >= 15 is 0 Å². The average Bonchev–Trinajstić information content (AvgIpc) is 3.17. The quantitative estimate of drug-likeness (QED) is 0.687. The molecule has 2 aromatic heterocycles. The normalized spacial score (nSPS) is 22.0. The van der Waals surface area contributed by atoms with E-state index in [1.54, 1.807) is 29.2 Å². The molecule has 0 spiro atoms. The van der Waals surface area contributed by atoms with Gasteiger partial charge in [0, 0.05) is 37.8 Å². The van der Waals surface area contributed by atoms with Gasteiger partial charge in [-0.15, -0.1) is 0 Å². The fourth-order valence-electron chi connectivity index (χ4n) is 4.21. The number of amides is 1. The van der Waals surface area contributed by atoms with Crippen LogP contribution >= 0.6 is 0 Å². The van der Waals surface area contributed by atoms with Gasteiger partial charge in [0.25, 0.3) is 5.91 Å². The second-order valence-electron chi connectivity index (χ2n) is 7.38. The van der Waals surface area contributed by atoms with Crippen LogP contribution < -0.4 is 4.74 Å². The number of ketones is 1. The molecule has 2 aliphatic heterocycles. The first kappa shape index (κ1) is 16.9. The molecule has 0 radical (unpaired) electrons. The second kappa shape index (κ2) is 6.74. The van der Waals surface area contributed by atoms with Crippen molar-refractivity contribution in [2.24, 2.45) is 5.92 Å². The maximum atomic E-state index is 13.1. The third-order valence-corrected chi connectivity index (χ3v) is 5.63. The van der Waals surface area contributed by atoms with Crippen molar-refractivity contribution in [2.75, 3.05) is 13.1 Å². The number of para-hydroxylation sites is 1. The van der Waals surface area contributed by atoms with Crippen LogP contribution in [0.4, 0.5) is 0 Å².